The van der Waals surface area contributed by atoms with Crippen LogP contribution in [0.25, 0.3) is 0 Å². The van der Waals surface area contributed by atoms with Crippen molar-refractivity contribution in [1.82, 2.24) is 14.9 Å². The summed E-state index contributed by atoms with van der Waals surface area (Å²) in [6.45, 7) is 3.09. The molecule has 0 aliphatic carbocycles. The lowest BCUT2D eigenvalue weighted by atomic mass is 10.1. The fraction of sp³-hybridized carbons (Fsp3) is 0.467. The van der Waals surface area contributed by atoms with E-state index in [1.54, 1.807) is 6.26 Å². The van der Waals surface area contributed by atoms with E-state index in [1.165, 1.54) is 12.8 Å². The number of rotatable bonds is 3. The third-order valence-corrected chi connectivity index (χ3v) is 4.44. The number of likely N-dealkylation sites (tertiary alicyclic amines) is 1. The van der Waals surface area contributed by atoms with Crippen molar-refractivity contribution in [2.75, 3.05) is 18.0 Å². The molecule has 0 spiro atoms. The number of anilines is 1. The van der Waals surface area contributed by atoms with Gasteiger partial charge in [0.05, 0.1) is 12.8 Å². The molecule has 0 aromatic carbocycles. The molecule has 2 aliphatic rings. The van der Waals surface area contributed by atoms with E-state index >= 15 is 0 Å². The molecular weight excluding hydrogens is 252 g/mol. The number of nitrogens with zero attached hydrogens (tertiary/aromatic N) is 4. The van der Waals surface area contributed by atoms with Crippen molar-refractivity contribution in [3.63, 3.8) is 0 Å². The molecule has 2 atom stereocenters. The molecule has 2 aromatic rings. The van der Waals surface area contributed by atoms with Gasteiger partial charge in [-0.25, -0.2) is 9.97 Å². The van der Waals surface area contributed by atoms with Crippen LogP contribution in [-0.4, -0.2) is 40.0 Å². The lowest BCUT2D eigenvalue weighted by molar-refractivity contribution is 0.226. The number of fused-ring (bicyclic) bond motifs is 1. The van der Waals surface area contributed by atoms with Gasteiger partial charge in [0.2, 0.25) is 5.95 Å². The first-order valence-electron chi connectivity index (χ1n) is 7.22. The lowest BCUT2D eigenvalue weighted by Crippen LogP contribution is -2.36. The van der Waals surface area contributed by atoms with Gasteiger partial charge in [0.25, 0.3) is 0 Å². The monoisotopic (exact) mass is 270 g/mol. The Morgan fingerprint density at radius 2 is 1.95 bits per heavy atom. The van der Waals surface area contributed by atoms with Gasteiger partial charge in [-0.3, -0.25) is 4.90 Å². The molecule has 0 amide bonds. The molecular formula is C15H18N4O. The lowest BCUT2D eigenvalue weighted by Gasteiger charge is -2.25. The molecule has 4 rings (SSSR count). The molecule has 0 unspecified atom stereocenters. The Morgan fingerprint density at radius 1 is 1.10 bits per heavy atom. The van der Waals surface area contributed by atoms with Crippen LogP contribution in [0.2, 0.25) is 0 Å². The number of aromatic nitrogens is 2. The predicted molar refractivity (Wildman–Crippen MR) is 75.3 cm³/mol. The van der Waals surface area contributed by atoms with Gasteiger partial charge < -0.3 is 9.32 Å². The van der Waals surface area contributed by atoms with Gasteiger partial charge in [-0.15, -0.1) is 0 Å². The van der Waals surface area contributed by atoms with E-state index in [1.807, 2.05) is 24.5 Å². The van der Waals surface area contributed by atoms with E-state index in [4.69, 9.17) is 4.42 Å². The molecule has 2 aromatic heterocycles. The van der Waals surface area contributed by atoms with Gasteiger partial charge in [0.1, 0.15) is 5.76 Å². The van der Waals surface area contributed by atoms with Crippen LogP contribution < -0.4 is 4.90 Å². The van der Waals surface area contributed by atoms with Crippen LogP contribution >= 0.6 is 0 Å². The summed E-state index contributed by atoms with van der Waals surface area (Å²) in [5, 5.41) is 0. The summed E-state index contributed by atoms with van der Waals surface area (Å²) in [6, 6.07) is 7.04. The largest absolute Gasteiger partial charge is 0.468 e. The van der Waals surface area contributed by atoms with E-state index in [2.05, 4.69) is 25.8 Å². The molecule has 4 heterocycles. The smallest absolute Gasteiger partial charge is 0.225 e. The second-order valence-electron chi connectivity index (χ2n) is 5.50. The minimum absolute atomic E-state index is 0.548. The van der Waals surface area contributed by atoms with Gasteiger partial charge in [-0.2, -0.15) is 0 Å². The first kappa shape index (κ1) is 11.9. The van der Waals surface area contributed by atoms with Crippen molar-refractivity contribution in [3.05, 3.63) is 42.6 Å². The zero-order chi connectivity index (χ0) is 13.4. The summed E-state index contributed by atoms with van der Waals surface area (Å²) in [7, 11) is 0. The van der Waals surface area contributed by atoms with E-state index in [0.717, 1.165) is 31.3 Å². The third-order valence-electron chi connectivity index (χ3n) is 4.44. The second-order valence-corrected chi connectivity index (χ2v) is 5.50. The Bertz CT molecular complexity index is 557. The van der Waals surface area contributed by atoms with Gasteiger partial charge in [0, 0.05) is 37.6 Å². The Hall–Kier alpha value is -1.88. The van der Waals surface area contributed by atoms with E-state index in [0.29, 0.717) is 12.1 Å². The summed E-state index contributed by atoms with van der Waals surface area (Å²) >= 11 is 0. The highest BCUT2D eigenvalue weighted by Gasteiger charge is 2.43. The summed E-state index contributed by atoms with van der Waals surface area (Å²) in [6.07, 6.45) is 7.77. The van der Waals surface area contributed by atoms with Crippen LogP contribution in [0.15, 0.2) is 41.3 Å². The van der Waals surface area contributed by atoms with Crippen LogP contribution in [-0.2, 0) is 6.54 Å². The Kier molecular flexibility index (Phi) is 2.92. The Labute approximate surface area is 118 Å². The SMILES string of the molecule is c1cnc(N2CC[C@@H]3[C@@H]2CCN3Cc2ccco2)nc1. The van der Waals surface area contributed by atoms with Crippen molar-refractivity contribution < 1.29 is 4.42 Å². The highest BCUT2D eigenvalue weighted by Crippen LogP contribution is 2.34. The first-order chi connectivity index (χ1) is 9.92. The molecule has 104 valence electrons. The molecule has 2 fully saturated rings. The molecule has 0 radical (unpaired) electrons. The van der Waals surface area contributed by atoms with E-state index < -0.39 is 0 Å². The molecule has 5 nitrogen and oxygen atoms in total. The number of furan rings is 1. The molecule has 5 heteroatoms. The normalized spacial score (nSPS) is 26.1. The van der Waals surface area contributed by atoms with Crippen LogP contribution in [0, 0.1) is 0 Å². The van der Waals surface area contributed by atoms with E-state index in [9.17, 15) is 0 Å². The first-order valence-corrected chi connectivity index (χ1v) is 7.22. The summed E-state index contributed by atoms with van der Waals surface area (Å²) < 4.78 is 5.48. The zero-order valence-corrected chi connectivity index (χ0v) is 11.4. The second kappa shape index (κ2) is 4.90. The molecule has 0 bridgehead atoms. The highest BCUT2D eigenvalue weighted by atomic mass is 16.3. The van der Waals surface area contributed by atoms with Crippen molar-refractivity contribution in [2.45, 2.75) is 31.5 Å². The maximum atomic E-state index is 5.48. The van der Waals surface area contributed by atoms with E-state index in [-0.39, 0.29) is 0 Å². The van der Waals surface area contributed by atoms with Crippen molar-refractivity contribution in [3.8, 4) is 0 Å². The zero-order valence-electron chi connectivity index (χ0n) is 11.4. The topological polar surface area (TPSA) is 45.4 Å². The maximum Gasteiger partial charge on any atom is 0.225 e. The Balaban J connectivity index is 1.50. The number of hydrogen-bond donors (Lipinski definition) is 0. The average Bonchev–Trinajstić information content (AvgIpc) is 3.19. The van der Waals surface area contributed by atoms with Crippen LogP contribution in [0.1, 0.15) is 18.6 Å². The van der Waals surface area contributed by atoms with Gasteiger partial charge in [-0.05, 0) is 31.0 Å². The molecule has 0 saturated carbocycles. The summed E-state index contributed by atoms with van der Waals surface area (Å²) in [5.74, 6) is 1.93. The quantitative estimate of drug-likeness (QED) is 0.852. The molecule has 0 N–H and O–H groups in total. The minimum Gasteiger partial charge on any atom is -0.468 e. The molecule has 2 aliphatic heterocycles. The fourth-order valence-corrected chi connectivity index (χ4v) is 3.56. The van der Waals surface area contributed by atoms with Crippen LogP contribution in [0.4, 0.5) is 5.95 Å². The van der Waals surface area contributed by atoms with Crippen LogP contribution in [0.5, 0.6) is 0 Å². The Morgan fingerprint density at radius 3 is 2.75 bits per heavy atom. The van der Waals surface area contributed by atoms with Gasteiger partial charge in [0.15, 0.2) is 0 Å². The standard InChI is InChI=1S/C15H18N4O/c1-3-12(20-10-1)11-18-8-4-14-13(18)5-9-19(14)15-16-6-2-7-17-15/h1-3,6-7,10,13-14H,4-5,8-9,11H2/t13-,14+/m1/s1. The van der Waals surface area contributed by atoms with Crippen LogP contribution in [0.3, 0.4) is 0 Å². The maximum absolute atomic E-state index is 5.48. The summed E-state index contributed by atoms with van der Waals surface area (Å²) in [5.41, 5.74) is 0. The molecule has 20 heavy (non-hydrogen) atoms. The predicted octanol–water partition coefficient (Wildman–Crippen LogP) is 1.92. The average molecular weight is 270 g/mol. The minimum atomic E-state index is 0.548. The van der Waals surface area contributed by atoms with Crippen molar-refractivity contribution in [1.29, 1.82) is 0 Å². The van der Waals surface area contributed by atoms with Gasteiger partial charge >= 0.3 is 0 Å². The highest BCUT2D eigenvalue weighted by molar-refractivity contribution is 5.35. The molecule has 2 saturated heterocycles. The van der Waals surface area contributed by atoms with Gasteiger partial charge in [-0.1, -0.05) is 0 Å². The summed E-state index contributed by atoms with van der Waals surface area (Å²) in [4.78, 5) is 13.7. The fourth-order valence-electron chi connectivity index (χ4n) is 3.56. The van der Waals surface area contributed by atoms with Crippen molar-refractivity contribution >= 4 is 5.95 Å². The number of hydrogen-bond acceptors (Lipinski definition) is 5. The third kappa shape index (κ3) is 1.98. The van der Waals surface area contributed by atoms with Crippen molar-refractivity contribution in [2.24, 2.45) is 0 Å².